The zero-order valence-corrected chi connectivity index (χ0v) is 13.0. The van der Waals surface area contributed by atoms with Gasteiger partial charge in [0.2, 0.25) is 0 Å². The van der Waals surface area contributed by atoms with Crippen molar-refractivity contribution in [3.63, 3.8) is 0 Å². The third kappa shape index (κ3) is 2.58. The van der Waals surface area contributed by atoms with Crippen LogP contribution in [0.3, 0.4) is 0 Å². The van der Waals surface area contributed by atoms with Crippen molar-refractivity contribution in [1.29, 1.82) is 0 Å². The molecule has 0 bridgehead atoms. The van der Waals surface area contributed by atoms with Crippen LogP contribution in [-0.4, -0.2) is 37.6 Å². The van der Waals surface area contributed by atoms with Gasteiger partial charge >= 0.3 is 23.1 Å². The normalized spacial score (nSPS) is 9.61. The number of nitrogens with zero attached hydrogens (tertiary/aromatic N) is 3. The van der Waals surface area contributed by atoms with E-state index in [4.69, 9.17) is 0 Å². The summed E-state index contributed by atoms with van der Waals surface area (Å²) in [5, 5.41) is 1.02. The largest absolute Gasteiger partial charge is 2.00 e. The molecule has 3 nitrogen and oxygen atoms in total. The van der Waals surface area contributed by atoms with Crippen LogP contribution in [0, 0.1) is 13.1 Å². The zero-order valence-electron chi connectivity index (χ0n) is 9.97. The Hall–Kier alpha value is -0.914. The van der Waals surface area contributed by atoms with Crippen LogP contribution in [0.15, 0.2) is 42.7 Å². The Morgan fingerprint density at radius 3 is 2.50 bits per heavy atom. The topological polar surface area (TPSA) is 30.7 Å². The van der Waals surface area contributed by atoms with Gasteiger partial charge in [-0.3, -0.25) is 4.98 Å². The second kappa shape index (κ2) is 6.31. The zero-order chi connectivity index (χ0) is 11.0. The fraction of sp³-hybridized carbons (Fsp3) is 0.0769. The first kappa shape index (κ1) is 15.1. The van der Waals surface area contributed by atoms with Gasteiger partial charge in [0.25, 0.3) is 0 Å². The number of fused-ring (bicyclic) bond motifs is 1. The molecule has 0 aromatic carbocycles. The Kier molecular flexibility index (Phi) is 5.31. The summed E-state index contributed by atoms with van der Waals surface area (Å²) >= 11 is 0. The van der Waals surface area contributed by atoms with Crippen LogP contribution in [0.2, 0.25) is 0 Å². The molecular formula is C13H10BrMgN3. The molecule has 0 fully saturated rings. The fourth-order valence-electron chi connectivity index (χ4n) is 1.81. The molecule has 0 spiro atoms. The van der Waals surface area contributed by atoms with Crippen molar-refractivity contribution in [2.45, 2.75) is 6.92 Å². The Bertz CT molecular complexity index is 637. The Balaban J connectivity index is 0.000000810. The summed E-state index contributed by atoms with van der Waals surface area (Å²) < 4.78 is 1.94. The summed E-state index contributed by atoms with van der Waals surface area (Å²) in [5.74, 6) is 0.873. The van der Waals surface area contributed by atoms with Crippen molar-refractivity contribution in [2.24, 2.45) is 0 Å². The van der Waals surface area contributed by atoms with Crippen LogP contribution in [0.5, 0.6) is 0 Å². The van der Waals surface area contributed by atoms with E-state index >= 15 is 0 Å². The van der Waals surface area contributed by atoms with Gasteiger partial charge in [-0.25, -0.2) is 0 Å². The summed E-state index contributed by atoms with van der Waals surface area (Å²) in [6.07, 6.45) is 6.85. The van der Waals surface area contributed by atoms with Crippen molar-refractivity contribution in [2.75, 3.05) is 0 Å². The van der Waals surface area contributed by atoms with Gasteiger partial charge in [-0.1, -0.05) is 36.2 Å². The summed E-state index contributed by atoms with van der Waals surface area (Å²) in [5.41, 5.74) is 2.04. The average Bonchev–Trinajstić information content (AvgIpc) is 2.69. The average molecular weight is 312 g/mol. The minimum Gasteiger partial charge on any atom is -1.00 e. The van der Waals surface area contributed by atoms with Crippen LogP contribution in [0.4, 0.5) is 0 Å². The van der Waals surface area contributed by atoms with Crippen LogP contribution in [0.25, 0.3) is 16.7 Å². The quantitative estimate of drug-likeness (QED) is 0.433. The summed E-state index contributed by atoms with van der Waals surface area (Å²) in [7, 11) is 0. The fourth-order valence-corrected chi connectivity index (χ4v) is 1.81. The first-order chi connectivity index (χ1) is 7.86. The monoisotopic (exact) mass is 311 g/mol. The smallest absolute Gasteiger partial charge is 1.00 e. The van der Waals surface area contributed by atoms with Crippen LogP contribution < -0.4 is 17.0 Å². The van der Waals surface area contributed by atoms with Crippen LogP contribution in [-0.2, 0) is 0 Å². The number of hydrogen-bond donors (Lipinski definition) is 0. The molecule has 0 saturated heterocycles. The van der Waals surface area contributed by atoms with Gasteiger partial charge in [-0.15, -0.1) is 6.07 Å². The van der Waals surface area contributed by atoms with Gasteiger partial charge in [-0.05, 0) is 17.8 Å². The van der Waals surface area contributed by atoms with Gasteiger partial charge in [0.15, 0.2) is 0 Å². The molecule has 0 aliphatic rings. The number of halogens is 1. The maximum Gasteiger partial charge on any atom is 2.00 e. The molecule has 3 aromatic heterocycles. The molecule has 5 heteroatoms. The molecule has 3 heterocycles. The first-order valence-electron chi connectivity index (χ1n) is 5.13. The van der Waals surface area contributed by atoms with Gasteiger partial charge < -0.3 is 26.5 Å². The SMILES string of the molecule is Cc1c2ncccc2[c-]n1-c1ccccn1.[Br-].[Mg+2]. The third-order valence-electron chi connectivity index (χ3n) is 2.60. The number of hydrogen-bond acceptors (Lipinski definition) is 2. The van der Waals surface area contributed by atoms with Gasteiger partial charge in [0.05, 0.1) is 5.82 Å². The van der Waals surface area contributed by atoms with Crippen LogP contribution >= 0.6 is 0 Å². The van der Waals surface area contributed by atoms with E-state index < -0.39 is 0 Å². The van der Waals surface area contributed by atoms with E-state index in [-0.39, 0.29) is 40.0 Å². The van der Waals surface area contributed by atoms with E-state index in [1.807, 2.05) is 41.8 Å². The first-order valence-corrected chi connectivity index (χ1v) is 5.13. The second-order valence-corrected chi connectivity index (χ2v) is 3.62. The van der Waals surface area contributed by atoms with Crippen LogP contribution in [0.1, 0.15) is 5.69 Å². The van der Waals surface area contributed by atoms with E-state index in [1.165, 1.54) is 0 Å². The number of rotatable bonds is 1. The van der Waals surface area contributed by atoms with Gasteiger partial charge in [-0.2, -0.15) is 0 Å². The van der Waals surface area contributed by atoms with Gasteiger partial charge in [0.1, 0.15) is 0 Å². The molecule has 0 unspecified atom stereocenters. The van der Waals surface area contributed by atoms with Crippen molar-refractivity contribution < 1.29 is 17.0 Å². The molecule has 0 amide bonds. The van der Waals surface area contributed by atoms with E-state index in [0.29, 0.717) is 0 Å². The maximum atomic E-state index is 4.35. The summed E-state index contributed by atoms with van der Waals surface area (Å²) in [6, 6.07) is 9.76. The molecule has 86 valence electrons. The molecule has 3 rings (SSSR count). The van der Waals surface area contributed by atoms with Crippen molar-refractivity contribution in [3.8, 4) is 5.82 Å². The van der Waals surface area contributed by atoms with Crippen molar-refractivity contribution in [3.05, 3.63) is 54.6 Å². The number of aromatic nitrogens is 3. The van der Waals surface area contributed by atoms with Gasteiger partial charge in [0, 0.05) is 12.4 Å². The number of pyridine rings is 2. The van der Waals surface area contributed by atoms with E-state index in [9.17, 15) is 0 Å². The molecule has 0 aliphatic heterocycles. The minimum atomic E-state index is 0. The maximum absolute atomic E-state index is 4.35. The minimum absolute atomic E-state index is 0. The Morgan fingerprint density at radius 1 is 1.06 bits per heavy atom. The second-order valence-electron chi connectivity index (χ2n) is 3.62. The predicted molar refractivity (Wildman–Crippen MR) is 68.2 cm³/mol. The third-order valence-corrected chi connectivity index (χ3v) is 2.60. The van der Waals surface area contributed by atoms with E-state index in [2.05, 4.69) is 16.2 Å². The van der Waals surface area contributed by atoms with Crippen molar-refractivity contribution in [1.82, 2.24) is 14.5 Å². The van der Waals surface area contributed by atoms with Crippen molar-refractivity contribution >= 4 is 34.0 Å². The molecule has 3 aromatic rings. The summed E-state index contributed by atoms with van der Waals surface area (Å²) in [6.45, 7) is 2.03. The number of aryl methyl sites for hydroxylation is 1. The Morgan fingerprint density at radius 2 is 1.83 bits per heavy atom. The molecular weight excluding hydrogens is 302 g/mol. The molecule has 0 N–H and O–H groups in total. The van der Waals surface area contributed by atoms with E-state index in [0.717, 1.165) is 22.4 Å². The molecule has 0 aliphatic carbocycles. The predicted octanol–water partition coefficient (Wildman–Crippen LogP) is -0.848. The van der Waals surface area contributed by atoms with E-state index in [1.54, 1.807) is 12.4 Å². The molecule has 0 atom stereocenters. The molecule has 0 radical (unpaired) electrons. The summed E-state index contributed by atoms with van der Waals surface area (Å²) in [4.78, 5) is 8.66. The molecule has 0 saturated carbocycles. The Labute approximate surface area is 132 Å². The standard InChI is InChI=1S/C13H10N3.BrH.Mg/c1-10-13-11(5-4-8-15-13)9-16(10)12-6-2-3-7-14-12;;/h2-8H,1H3;1H;/q-1;;+2/p-1. The molecule has 18 heavy (non-hydrogen) atoms.